The van der Waals surface area contributed by atoms with E-state index in [-0.39, 0.29) is 12.7 Å². The van der Waals surface area contributed by atoms with Crippen LogP contribution in [0, 0.1) is 5.92 Å². The van der Waals surface area contributed by atoms with Crippen molar-refractivity contribution in [3.63, 3.8) is 0 Å². The molecule has 0 amide bonds. The average molecular weight is 403 g/mol. The summed E-state index contributed by atoms with van der Waals surface area (Å²) in [4.78, 5) is 22.3. The van der Waals surface area contributed by atoms with Crippen molar-refractivity contribution in [1.29, 1.82) is 0 Å². The number of hydrogen-bond acceptors (Lipinski definition) is 6. The maximum absolute atomic E-state index is 11.7. The average Bonchev–Trinajstić information content (AvgIpc) is 2.62. The molecular formula is C21H38O7. The van der Waals surface area contributed by atoms with E-state index in [1.54, 1.807) is 0 Å². The molecule has 1 N–H and O–H groups in total. The van der Waals surface area contributed by atoms with Gasteiger partial charge in [0.15, 0.2) is 0 Å². The van der Waals surface area contributed by atoms with E-state index in [1.165, 1.54) is 38.5 Å². The molecule has 0 aliphatic heterocycles. The van der Waals surface area contributed by atoms with Gasteiger partial charge in [-0.25, -0.2) is 9.59 Å². The van der Waals surface area contributed by atoms with Crippen LogP contribution in [-0.2, 0) is 18.9 Å². The van der Waals surface area contributed by atoms with Crippen LogP contribution in [0.3, 0.4) is 0 Å². The largest absolute Gasteiger partial charge is 0.508 e. The highest BCUT2D eigenvalue weighted by Gasteiger charge is 2.27. The SMILES string of the molecule is CC(C)CCCCCCCCOCCOC(=O)OC1CCCC(OC(=O)O)C1. The maximum Gasteiger partial charge on any atom is 0.508 e. The molecule has 0 heterocycles. The topological polar surface area (TPSA) is 91.3 Å². The van der Waals surface area contributed by atoms with Gasteiger partial charge in [-0.05, 0) is 31.6 Å². The van der Waals surface area contributed by atoms with E-state index in [0.717, 1.165) is 18.8 Å². The van der Waals surface area contributed by atoms with Crippen LogP contribution >= 0.6 is 0 Å². The van der Waals surface area contributed by atoms with Gasteiger partial charge in [0.1, 0.15) is 18.8 Å². The van der Waals surface area contributed by atoms with Crippen LogP contribution in [-0.4, -0.2) is 49.4 Å². The number of ether oxygens (including phenoxy) is 4. The minimum absolute atomic E-state index is 0.163. The Hall–Kier alpha value is -1.50. The zero-order valence-electron chi connectivity index (χ0n) is 17.5. The molecule has 164 valence electrons. The Bertz CT molecular complexity index is 425. The monoisotopic (exact) mass is 402 g/mol. The fourth-order valence-corrected chi connectivity index (χ4v) is 3.38. The van der Waals surface area contributed by atoms with Crippen LogP contribution < -0.4 is 0 Å². The van der Waals surface area contributed by atoms with Crippen molar-refractivity contribution in [3.8, 4) is 0 Å². The molecule has 0 radical (unpaired) electrons. The van der Waals surface area contributed by atoms with E-state index in [4.69, 9.17) is 24.1 Å². The van der Waals surface area contributed by atoms with Gasteiger partial charge in [-0.3, -0.25) is 0 Å². The molecule has 2 unspecified atom stereocenters. The first-order valence-electron chi connectivity index (χ1n) is 10.8. The fraction of sp³-hybridized carbons (Fsp3) is 0.905. The summed E-state index contributed by atoms with van der Waals surface area (Å²) in [6.45, 7) is 5.74. The second kappa shape index (κ2) is 15.4. The Morgan fingerprint density at radius 1 is 0.893 bits per heavy atom. The van der Waals surface area contributed by atoms with Gasteiger partial charge in [-0.2, -0.15) is 0 Å². The summed E-state index contributed by atoms with van der Waals surface area (Å²) < 4.78 is 20.5. The number of carboxylic acid groups (broad SMARTS) is 1. The summed E-state index contributed by atoms with van der Waals surface area (Å²) in [6.07, 6.45) is 8.42. The lowest BCUT2D eigenvalue weighted by molar-refractivity contribution is -0.0330. The zero-order valence-corrected chi connectivity index (χ0v) is 17.5. The molecule has 1 saturated carbocycles. The molecular weight excluding hydrogens is 364 g/mol. The highest BCUT2D eigenvalue weighted by molar-refractivity contribution is 5.60. The van der Waals surface area contributed by atoms with E-state index in [1.807, 2.05) is 0 Å². The molecule has 0 aromatic rings. The van der Waals surface area contributed by atoms with Gasteiger partial charge in [0.2, 0.25) is 0 Å². The Labute approximate surface area is 169 Å². The number of rotatable bonds is 14. The van der Waals surface area contributed by atoms with Gasteiger partial charge in [0.05, 0.1) is 6.61 Å². The van der Waals surface area contributed by atoms with Crippen LogP contribution in [0.5, 0.6) is 0 Å². The zero-order chi connectivity index (χ0) is 20.6. The van der Waals surface area contributed by atoms with Crippen molar-refractivity contribution < 1.29 is 33.6 Å². The maximum atomic E-state index is 11.7. The standard InChI is InChI=1S/C21H38O7/c1-17(2)10-7-5-3-4-6-8-13-25-14-15-26-21(24)28-19-12-9-11-18(16-19)27-20(22)23/h17-19H,3-16H2,1-2H3,(H,22,23). The third-order valence-electron chi connectivity index (χ3n) is 4.88. The predicted molar refractivity (Wildman–Crippen MR) is 106 cm³/mol. The first-order chi connectivity index (χ1) is 13.5. The smallest absolute Gasteiger partial charge is 0.450 e. The molecule has 2 atom stereocenters. The number of carbonyl (C=O) groups excluding carboxylic acids is 1. The number of carbonyl (C=O) groups is 2. The summed E-state index contributed by atoms with van der Waals surface area (Å²) in [6, 6.07) is 0. The van der Waals surface area contributed by atoms with Gasteiger partial charge in [-0.15, -0.1) is 0 Å². The Morgan fingerprint density at radius 2 is 1.54 bits per heavy atom. The van der Waals surface area contributed by atoms with E-state index in [0.29, 0.717) is 32.5 Å². The lowest BCUT2D eigenvalue weighted by atomic mass is 9.95. The minimum Gasteiger partial charge on any atom is -0.450 e. The summed E-state index contributed by atoms with van der Waals surface area (Å²) in [5, 5.41) is 8.65. The fourth-order valence-electron chi connectivity index (χ4n) is 3.38. The first-order valence-corrected chi connectivity index (χ1v) is 10.8. The van der Waals surface area contributed by atoms with Crippen molar-refractivity contribution in [2.45, 2.75) is 96.7 Å². The molecule has 7 heteroatoms. The lowest BCUT2D eigenvalue weighted by Crippen LogP contribution is -2.31. The molecule has 7 nitrogen and oxygen atoms in total. The molecule has 0 saturated heterocycles. The van der Waals surface area contributed by atoms with Gasteiger partial charge >= 0.3 is 12.3 Å². The summed E-state index contributed by atoms with van der Waals surface area (Å²) in [7, 11) is 0. The van der Waals surface area contributed by atoms with Crippen molar-refractivity contribution in [3.05, 3.63) is 0 Å². The van der Waals surface area contributed by atoms with Gasteiger partial charge < -0.3 is 24.1 Å². The van der Waals surface area contributed by atoms with Gasteiger partial charge in [0, 0.05) is 13.0 Å². The molecule has 0 bridgehead atoms. The molecule has 1 aliphatic carbocycles. The summed E-state index contributed by atoms with van der Waals surface area (Å²) in [5.74, 6) is 0.804. The normalized spacial score (nSPS) is 19.4. The van der Waals surface area contributed by atoms with Crippen LogP contribution in [0.25, 0.3) is 0 Å². The van der Waals surface area contributed by atoms with Crippen LogP contribution in [0.15, 0.2) is 0 Å². The molecule has 1 rings (SSSR count). The Balaban J connectivity index is 1.90. The van der Waals surface area contributed by atoms with Crippen molar-refractivity contribution in [1.82, 2.24) is 0 Å². The molecule has 1 fully saturated rings. The second-order valence-corrected chi connectivity index (χ2v) is 7.93. The quantitative estimate of drug-likeness (QED) is 0.301. The number of hydrogen-bond donors (Lipinski definition) is 1. The number of unbranched alkanes of at least 4 members (excludes halogenated alkanes) is 5. The molecule has 0 aromatic heterocycles. The highest BCUT2D eigenvalue weighted by Crippen LogP contribution is 2.24. The summed E-state index contributed by atoms with van der Waals surface area (Å²) in [5.41, 5.74) is 0. The van der Waals surface area contributed by atoms with E-state index in [9.17, 15) is 9.59 Å². The van der Waals surface area contributed by atoms with Gasteiger partial charge in [-0.1, -0.05) is 52.4 Å². The molecule has 28 heavy (non-hydrogen) atoms. The second-order valence-electron chi connectivity index (χ2n) is 7.93. The first kappa shape index (κ1) is 24.5. The van der Waals surface area contributed by atoms with E-state index >= 15 is 0 Å². The Morgan fingerprint density at radius 3 is 2.21 bits per heavy atom. The van der Waals surface area contributed by atoms with Crippen molar-refractivity contribution >= 4 is 12.3 Å². The Kier molecular flexibility index (Phi) is 13.5. The minimum atomic E-state index is -1.29. The van der Waals surface area contributed by atoms with E-state index < -0.39 is 18.4 Å². The van der Waals surface area contributed by atoms with Crippen LogP contribution in [0.1, 0.15) is 84.5 Å². The van der Waals surface area contributed by atoms with Crippen LogP contribution in [0.4, 0.5) is 9.59 Å². The predicted octanol–water partition coefficient (Wildman–Crippen LogP) is 5.55. The molecule has 1 aliphatic rings. The third-order valence-corrected chi connectivity index (χ3v) is 4.88. The van der Waals surface area contributed by atoms with E-state index in [2.05, 4.69) is 13.8 Å². The summed E-state index contributed by atoms with van der Waals surface area (Å²) >= 11 is 0. The third kappa shape index (κ3) is 13.6. The van der Waals surface area contributed by atoms with Crippen molar-refractivity contribution in [2.24, 2.45) is 5.92 Å². The molecule has 0 spiro atoms. The molecule has 0 aromatic carbocycles. The van der Waals surface area contributed by atoms with Gasteiger partial charge in [0.25, 0.3) is 0 Å². The highest BCUT2D eigenvalue weighted by atomic mass is 16.7. The lowest BCUT2D eigenvalue weighted by Gasteiger charge is -2.27. The van der Waals surface area contributed by atoms with Crippen LogP contribution in [0.2, 0.25) is 0 Å². The van der Waals surface area contributed by atoms with Crippen molar-refractivity contribution in [2.75, 3.05) is 19.8 Å².